The summed E-state index contributed by atoms with van der Waals surface area (Å²) in [6.45, 7) is 12.7. The first-order valence-corrected chi connectivity index (χ1v) is 42.9. The molecule has 9 heterocycles. The molecule has 21 rings (SSSR count). The van der Waals surface area contributed by atoms with Crippen LogP contribution in [-0.4, -0.2) is 29.9 Å². The SMILES string of the molecule is CCc1cc(-c2[c-]cccc2)ncc1-c1ccccc1.CCc1cc(-c2[c-]cccc2)ncc1-c1ccccc1.CCc1cc(-c2[c-]cccc2)ncc1-c1ccccc1.Cc1ccc(-c2[c-]cc3c(c2)sc2ccccc23)nc1.Cc1ccc(-c2[c-]cc3sc4ccccc4c3c2)nc1.Cc1ccc(-c2[c-]ccc3c2sc2ccccc23)nc1.[Ir].[Ir].[Ir]. The van der Waals surface area contributed by atoms with E-state index < -0.39 is 0 Å². The molecule has 3 radical (unpaired) electrons. The molecule has 0 unspecified atom stereocenters. The Bertz CT molecular complexity index is 6660. The van der Waals surface area contributed by atoms with Gasteiger partial charge in [-0.2, -0.15) is 34.0 Å². The van der Waals surface area contributed by atoms with E-state index in [1.54, 1.807) is 0 Å². The van der Waals surface area contributed by atoms with E-state index in [1.807, 2.05) is 168 Å². The molecule has 12 aromatic carbocycles. The van der Waals surface area contributed by atoms with Crippen molar-refractivity contribution < 1.29 is 60.3 Å². The molecule has 6 nitrogen and oxygen atoms in total. The monoisotopic (exact) mass is 2180 g/mol. The van der Waals surface area contributed by atoms with E-state index in [9.17, 15) is 0 Å². The van der Waals surface area contributed by atoms with Gasteiger partial charge >= 0.3 is 0 Å². The number of hydrogen-bond donors (Lipinski definition) is 0. The maximum atomic E-state index is 4.60. The number of nitrogens with zero attached hydrogens (tertiary/aromatic N) is 6. The second kappa shape index (κ2) is 43.3. The number of benzene rings is 12. The van der Waals surface area contributed by atoms with Gasteiger partial charge in [0.2, 0.25) is 0 Å². The molecular weight excluding hydrogens is 2090 g/mol. The summed E-state index contributed by atoms with van der Waals surface area (Å²) in [6, 6.07) is 132. The largest absolute Gasteiger partial charge is 0.304 e. The van der Waals surface area contributed by atoms with Crippen molar-refractivity contribution in [3.05, 3.63) is 435 Å². The quantitative estimate of drug-likeness (QED) is 0.113. The zero-order valence-electron chi connectivity index (χ0n) is 68.7. The van der Waals surface area contributed by atoms with E-state index in [4.69, 9.17) is 0 Å². The molecule has 0 aliphatic carbocycles. The van der Waals surface area contributed by atoms with Crippen molar-refractivity contribution in [1.29, 1.82) is 0 Å². The Morgan fingerprint density at radius 2 is 0.602 bits per heavy atom. The van der Waals surface area contributed by atoms with Crippen molar-refractivity contribution in [2.45, 2.75) is 60.8 Å². The van der Waals surface area contributed by atoms with Gasteiger partial charge in [-0.1, -0.05) is 237 Å². The molecule has 0 saturated heterocycles. The summed E-state index contributed by atoms with van der Waals surface area (Å²) in [5, 5.41) is 7.81. The van der Waals surface area contributed by atoms with Gasteiger partial charge < -0.3 is 29.9 Å². The van der Waals surface area contributed by atoms with Crippen LogP contribution in [0.15, 0.2) is 365 Å². The Kier molecular flexibility index (Phi) is 31.3. The van der Waals surface area contributed by atoms with Crippen LogP contribution in [0.25, 0.3) is 161 Å². The number of thiophene rings is 3. The molecule has 0 atom stereocenters. The Balaban J connectivity index is 0.000000126. The Labute approximate surface area is 773 Å². The molecule has 123 heavy (non-hydrogen) atoms. The molecule has 12 heteroatoms. The summed E-state index contributed by atoms with van der Waals surface area (Å²) in [7, 11) is 0. The van der Waals surface area contributed by atoms with E-state index in [2.05, 4.69) is 338 Å². The van der Waals surface area contributed by atoms with Crippen molar-refractivity contribution >= 4 is 94.5 Å². The molecule has 0 N–H and O–H groups in total. The smallest absolute Gasteiger partial charge is 0.0246 e. The molecule has 9 aromatic heterocycles. The zero-order chi connectivity index (χ0) is 81.9. The first-order chi connectivity index (χ1) is 59.1. The molecule has 609 valence electrons. The van der Waals surface area contributed by atoms with Gasteiger partial charge in [-0.05, 0) is 173 Å². The van der Waals surface area contributed by atoms with Crippen LogP contribution >= 0.6 is 34.0 Å². The van der Waals surface area contributed by atoms with Crippen LogP contribution in [-0.2, 0) is 79.6 Å². The first-order valence-electron chi connectivity index (χ1n) is 40.4. The molecule has 0 aliphatic rings. The average Bonchev–Trinajstić information content (AvgIpc) is 1.67. The van der Waals surface area contributed by atoms with Crippen LogP contribution in [0.4, 0.5) is 0 Å². The molecule has 0 aliphatic heterocycles. The zero-order valence-corrected chi connectivity index (χ0v) is 78.3. The van der Waals surface area contributed by atoms with Gasteiger partial charge in [0.1, 0.15) is 0 Å². The van der Waals surface area contributed by atoms with Crippen LogP contribution < -0.4 is 0 Å². The van der Waals surface area contributed by atoms with E-state index in [1.165, 1.54) is 127 Å². The minimum Gasteiger partial charge on any atom is -0.304 e. The van der Waals surface area contributed by atoms with Gasteiger partial charge in [0.25, 0.3) is 0 Å². The number of hydrogen-bond acceptors (Lipinski definition) is 9. The maximum absolute atomic E-state index is 4.60. The van der Waals surface area contributed by atoms with Crippen LogP contribution in [0, 0.1) is 57.2 Å². The summed E-state index contributed by atoms with van der Waals surface area (Å²) in [5.74, 6) is 0. The standard InChI is InChI=1S/3C19H16N.3C18H12NS.3Ir/c3*1-2-15-13-19(17-11-7-4-8-12-17)20-14-18(15)16-9-5-3-6-10-16;1-12-9-10-16(19-11-12)15-7-4-6-14-13-5-2-3-8-17(13)20-18(14)15;1-12-6-9-16(19-11-12)13-7-8-15-14-4-2-3-5-17(14)20-18(15)10-13;1-12-6-8-16(19-11-12)13-7-9-18-15(10-13)14-4-2-3-5-17(14)20-18;;;/h3*3-11,13-14H,2H2,1H3;3*2-6,8-11H,1H3;;;/q6*-1;;;. The van der Waals surface area contributed by atoms with Crippen molar-refractivity contribution in [3.8, 4) is 101 Å². The molecule has 0 spiro atoms. The van der Waals surface area contributed by atoms with Gasteiger partial charge in [-0.25, -0.2) is 0 Å². The second-order valence-electron chi connectivity index (χ2n) is 29.0. The van der Waals surface area contributed by atoms with Crippen molar-refractivity contribution in [1.82, 2.24) is 29.9 Å². The Hall–Kier alpha value is -11.9. The molecule has 21 aromatic rings. The fourth-order valence-electron chi connectivity index (χ4n) is 14.5. The van der Waals surface area contributed by atoms with Crippen molar-refractivity contribution in [3.63, 3.8) is 0 Å². The number of aryl methyl sites for hydroxylation is 6. The predicted molar refractivity (Wildman–Crippen MR) is 508 cm³/mol. The summed E-state index contributed by atoms with van der Waals surface area (Å²) in [4.78, 5) is 27.3. The van der Waals surface area contributed by atoms with Gasteiger partial charge in [0.05, 0.1) is 0 Å². The van der Waals surface area contributed by atoms with Gasteiger partial charge in [0, 0.05) is 128 Å². The average molecular weight is 2170 g/mol. The minimum atomic E-state index is 0. The molecular formula is C111H84Ir3N6S3-6. The first kappa shape index (κ1) is 88.9. The van der Waals surface area contributed by atoms with Gasteiger partial charge in [-0.15, -0.1) is 179 Å². The summed E-state index contributed by atoms with van der Waals surface area (Å²) in [5.41, 5.74) is 27.1. The van der Waals surface area contributed by atoms with Crippen molar-refractivity contribution in [2.75, 3.05) is 0 Å². The van der Waals surface area contributed by atoms with Crippen LogP contribution in [0.2, 0.25) is 0 Å². The van der Waals surface area contributed by atoms with Gasteiger partial charge in [-0.3, -0.25) is 0 Å². The number of fused-ring (bicyclic) bond motifs is 9. The van der Waals surface area contributed by atoms with E-state index in [0.717, 1.165) is 86.8 Å². The second-order valence-corrected chi connectivity index (χ2v) is 32.2. The fourth-order valence-corrected chi connectivity index (χ4v) is 17.9. The molecule has 0 saturated carbocycles. The summed E-state index contributed by atoms with van der Waals surface area (Å²) < 4.78 is 7.81. The minimum absolute atomic E-state index is 0. The van der Waals surface area contributed by atoms with Crippen molar-refractivity contribution in [2.24, 2.45) is 0 Å². The third kappa shape index (κ3) is 21.6. The summed E-state index contributed by atoms with van der Waals surface area (Å²) in [6.07, 6.45) is 14.6. The van der Waals surface area contributed by atoms with E-state index in [0.29, 0.717) is 0 Å². The normalized spacial score (nSPS) is 10.6. The van der Waals surface area contributed by atoms with E-state index in [-0.39, 0.29) is 60.3 Å². The predicted octanol–water partition coefficient (Wildman–Crippen LogP) is 30.0. The Morgan fingerprint density at radius 1 is 0.244 bits per heavy atom. The van der Waals surface area contributed by atoms with E-state index >= 15 is 0 Å². The van der Waals surface area contributed by atoms with Crippen LogP contribution in [0.3, 0.4) is 0 Å². The number of rotatable bonds is 12. The summed E-state index contributed by atoms with van der Waals surface area (Å²) >= 11 is 5.46. The maximum Gasteiger partial charge on any atom is 0.0246 e. The topological polar surface area (TPSA) is 77.3 Å². The third-order valence-corrected chi connectivity index (χ3v) is 24.3. The number of aromatic nitrogens is 6. The van der Waals surface area contributed by atoms with Crippen LogP contribution in [0.5, 0.6) is 0 Å². The fraction of sp³-hybridized carbons (Fsp3) is 0.0811. The Morgan fingerprint density at radius 3 is 1.01 bits per heavy atom. The molecule has 0 bridgehead atoms. The third-order valence-electron chi connectivity index (χ3n) is 20.8. The van der Waals surface area contributed by atoms with Crippen LogP contribution in [0.1, 0.15) is 54.2 Å². The van der Waals surface area contributed by atoms with Gasteiger partial charge in [0.15, 0.2) is 0 Å². The molecule has 0 fully saturated rings. The molecule has 0 amide bonds. The number of pyridine rings is 6.